The molecule has 0 radical (unpaired) electrons. The molecule has 1 unspecified atom stereocenters. The Morgan fingerprint density at radius 3 is 2.56 bits per heavy atom. The maximum absolute atomic E-state index is 14.3. The predicted octanol–water partition coefficient (Wildman–Crippen LogP) is 2.80. The van der Waals surface area contributed by atoms with Crippen molar-refractivity contribution in [3.05, 3.63) is 48.9 Å². The molecule has 13 heteroatoms. The van der Waals surface area contributed by atoms with Crippen LogP contribution in [0.5, 0.6) is 5.88 Å². The van der Waals surface area contributed by atoms with E-state index in [0.29, 0.717) is 23.6 Å². The number of aromatic nitrogens is 1. The summed E-state index contributed by atoms with van der Waals surface area (Å²) in [5.41, 5.74) is -2.36. The summed E-state index contributed by atoms with van der Waals surface area (Å²) >= 11 is 0. The fraction of sp³-hybridized carbons (Fsp3) is 0.500. The molecular formula is C28H33FN4O7S. The Bertz CT molecular complexity index is 1520. The number of carbonyl (C=O) groups excluding carboxylic acids is 3. The van der Waals surface area contributed by atoms with Gasteiger partial charge in [0.05, 0.1) is 11.8 Å². The number of hydrogen-bond donors (Lipinski definition) is 2. The monoisotopic (exact) mass is 588 g/mol. The summed E-state index contributed by atoms with van der Waals surface area (Å²) in [7, 11) is -3.85. The van der Waals surface area contributed by atoms with Gasteiger partial charge in [-0.25, -0.2) is 22.6 Å². The second-order valence-corrected chi connectivity index (χ2v) is 13.7. The fourth-order valence-corrected chi connectivity index (χ4v) is 6.43. The first-order valence-corrected chi connectivity index (χ1v) is 15.0. The van der Waals surface area contributed by atoms with E-state index in [9.17, 15) is 27.2 Å². The predicted molar refractivity (Wildman–Crippen MR) is 147 cm³/mol. The standard InChI is InChI=1S/C28H33FN4O7S/c1-5-16-14-28(16,25(35)32-41(37,38)18-9-10-18)31-23(34)22-13-17(15-33(22)26(36)40-27(2,3)4)39-24-20-7-6-8-21(29)19(20)11-12-30-24/h5-8,11-12,16-18,22H,1,9-10,13-15H2,2-4H3,(H,31,34)(H,32,35)/t16-,17-,22?,28-/m1/s1. The average molecular weight is 589 g/mol. The zero-order chi connectivity index (χ0) is 29.7. The highest BCUT2D eigenvalue weighted by Gasteiger charge is 2.62. The summed E-state index contributed by atoms with van der Waals surface area (Å²) in [5.74, 6) is -2.28. The second kappa shape index (κ2) is 10.3. The molecule has 0 bridgehead atoms. The van der Waals surface area contributed by atoms with E-state index in [-0.39, 0.29) is 25.3 Å². The van der Waals surface area contributed by atoms with Gasteiger partial charge in [-0.15, -0.1) is 6.58 Å². The van der Waals surface area contributed by atoms with Crippen LogP contribution in [0, 0.1) is 11.7 Å². The molecule has 11 nitrogen and oxygen atoms in total. The summed E-state index contributed by atoms with van der Waals surface area (Å²) in [6, 6.07) is 4.94. The summed E-state index contributed by atoms with van der Waals surface area (Å²) in [4.78, 5) is 45.4. The molecule has 2 N–H and O–H groups in total. The van der Waals surface area contributed by atoms with Crippen LogP contribution in [0.2, 0.25) is 0 Å². The van der Waals surface area contributed by atoms with Gasteiger partial charge in [-0.1, -0.05) is 12.1 Å². The molecule has 1 aromatic heterocycles. The minimum Gasteiger partial charge on any atom is -0.472 e. The molecule has 0 spiro atoms. The van der Waals surface area contributed by atoms with E-state index in [1.54, 1.807) is 26.8 Å². The normalized spacial score (nSPS) is 25.9. The third kappa shape index (κ3) is 5.85. The summed E-state index contributed by atoms with van der Waals surface area (Å²) < 4.78 is 52.9. The number of rotatable bonds is 8. The van der Waals surface area contributed by atoms with E-state index in [4.69, 9.17) is 9.47 Å². The van der Waals surface area contributed by atoms with Crippen LogP contribution in [0.15, 0.2) is 43.1 Å². The molecule has 1 saturated heterocycles. The number of sulfonamides is 1. The van der Waals surface area contributed by atoms with Crippen LogP contribution in [0.4, 0.5) is 9.18 Å². The number of benzene rings is 1. The zero-order valence-corrected chi connectivity index (χ0v) is 23.9. The van der Waals surface area contributed by atoms with Crippen LogP contribution in [0.3, 0.4) is 0 Å². The zero-order valence-electron chi connectivity index (χ0n) is 23.1. The Morgan fingerprint density at radius 1 is 1.20 bits per heavy atom. The summed E-state index contributed by atoms with van der Waals surface area (Å²) in [6.07, 6.45) is 2.56. The number of ether oxygens (including phenoxy) is 2. The van der Waals surface area contributed by atoms with Crippen LogP contribution < -0.4 is 14.8 Å². The quantitative estimate of drug-likeness (QED) is 0.448. The molecule has 3 amide bonds. The van der Waals surface area contributed by atoms with E-state index in [2.05, 4.69) is 21.6 Å². The largest absolute Gasteiger partial charge is 0.472 e. The average Bonchev–Trinajstić information content (AvgIpc) is 3.80. The summed E-state index contributed by atoms with van der Waals surface area (Å²) in [5, 5.41) is 2.83. The molecular weight excluding hydrogens is 555 g/mol. The minimum atomic E-state index is -3.85. The third-order valence-corrected chi connectivity index (χ3v) is 9.26. The lowest BCUT2D eigenvalue weighted by Gasteiger charge is -2.29. The van der Waals surface area contributed by atoms with Crippen LogP contribution in [0.1, 0.15) is 46.5 Å². The van der Waals surface area contributed by atoms with Gasteiger partial charge in [-0.05, 0) is 58.2 Å². The number of pyridine rings is 1. The first kappa shape index (κ1) is 28.8. The molecule has 3 aliphatic rings. The molecule has 3 fully saturated rings. The molecule has 41 heavy (non-hydrogen) atoms. The van der Waals surface area contributed by atoms with Crippen molar-refractivity contribution in [2.24, 2.45) is 5.92 Å². The molecule has 2 heterocycles. The van der Waals surface area contributed by atoms with Crippen molar-refractivity contribution in [2.75, 3.05) is 6.54 Å². The highest BCUT2D eigenvalue weighted by Crippen LogP contribution is 2.45. The maximum atomic E-state index is 14.3. The van der Waals surface area contributed by atoms with Gasteiger partial charge in [0.1, 0.15) is 29.1 Å². The van der Waals surface area contributed by atoms with Gasteiger partial charge < -0.3 is 14.8 Å². The first-order valence-electron chi connectivity index (χ1n) is 13.4. The molecule has 220 valence electrons. The van der Waals surface area contributed by atoms with Crippen LogP contribution >= 0.6 is 0 Å². The van der Waals surface area contributed by atoms with Gasteiger partial charge in [0.25, 0.3) is 5.91 Å². The van der Waals surface area contributed by atoms with Gasteiger partial charge in [0, 0.05) is 29.3 Å². The maximum Gasteiger partial charge on any atom is 0.411 e. The van der Waals surface area contributed by atoms with Crippen molar-refractivity contribution in [1.82, 2.24) is 19.9 Å². The smallest absolute Gasteiger partial charge is 0.411 e. The molecule has 2 aliphatic carbocycles. The molecule has 4 atom stereocenters. The first-order chi connectivity index (χ1) is 19.2. The van der Waals surface area contributed by atoms with Crippen molar-refractivity contribution in [1.29, 1.82) is 0 Å². The molecule has 1 aromatic carbocycles. The van der Waals surface area contributed by atoms with Crippen molar-refractivity contribution in [2.45, 2.75) is 75.0 Å². The topological polar surface area (TPSA) is 144 Å². The lowest BCUT2D eigenvalue weighted by Crippen LogP contribution is -2.56. The lowest BCUT2D eigenvalue weighted by molar-refractivity contribution is -0.131. The minimum absolute atomic E-state index is 0.0231. The lowest BCUT2D eigenvalue weighted by atomic mass is 10.1. The third-order valence-electron chi connectivity index (χ3n) is 7.44. The number of hydrogen-bond acceptors (Lipinski definition) is 8. The number of carbonyl (C=O) groups is 3. The molecule has 5 rings (SSSR count). The van der Waals surface area contributed by atoms with E-state index in [0.717, 1.165) is 0 Å². The van der Waals surface area contributed by atoms with Crippen LogP contribution in [0.25, 0.3) is 10.8 Å². The number of fused-ring (bicyclic) bond motifs is 1. The number of nitrogens with one attached hydrogen (secondary N) is 2. The Morgan fingerprint density at radius 2 is 1.93 bits per heavy atom. The van der Waals surface area contributed by atoms with E-state index in [1.807, 2.05) is 0 Å². The van der Waals surface area contributed by atoms with Crippen molar-refractivity contribution >= 4 is 38.7 Å². The number of amides is 3. The Hall–Kier alpha value is -3.74. The van der Waals surface area contributed by atoms with Crippen molar-refractivity contribution in [3.8, 4) is 5.88 Å². The van der Waals surface area contributed by atoms with E-state index >= 15 is 0 Å². The van der Waals surface area contributed by atoms with Gasteiger partial charge in [-0.2, -0.15) is 0 Å². The fourth-order valence-electron chi connectivity index (χ4n) is 5.07. The van der Waals surface area contributed by atoms with Gasteiger partial charge >= 0.3 is 6.09 Å². The highest BCUT2D eigenvalue weighted by atomic mass is 32.2. The second-order valence-electron chi connectivity index (χ2n) is 11.8. The highest BCUT2D eigenvalue weighted by molar-refractivity contribution is 7.91. The Labute approximate surface area is 237 Å². The van der Waals surface area contributed by atoms with Crippen LogP contribution in [-0.4, -0.2) is 71.3 Å². The van der Waals surface area contributed by atoms with Crippen molar-refractivity contribution in [3.63, 3.8) is 0 Å². The van der Waals surface area contributed by atoms with Crippen LogP contribution in [-0.2, 0) is 24.3 Å². The Balaban J connectivity index is 1.38. The molecule has 1 aliphatic heterocycles. The van der Waals surface area contributed by atoms with Gasteiger partial charge in [0.2, 0.25) is 21.8 Å². The van der Waals surface area contributed by atoms with Gasteiger partial charge in [0.15, 0.2) is 0 Å². The molecule has 2 saturated carbocycles. The molecule has 2 aromatic rings. The summed E-state index contributed by atoms with van der Waals surface area (Å²) in [6.45, 7) is 8.74. The number of nitrogens with zero attached hydrogens (tertiary/aromatic N) is 2. The van der Waals surface area contributed by atoms with Gasteiger partial charge in [-0.3, -0.25) is 19.2 Å². The number of likely N-dealkylation sites (tertiary alicyclic amines) is 1. The number of halogens is 1. The van der Waals surface area contributed by atoms with E-state index < -0.39 is 68.2 Å². The Kier molecular flexibility index (Phi) is 7.21. The SMILES string of the molecule is C=C[C@@H]1C[C@]1(NC(=O)C1C[C@@H](Oc2nccc3c(F)cccc23)CN1C(=O)OC(C)(C)C)C(=O)NS(=O)(=O)C1CC1. The van der Waals surface area contributed by atoms with Crippen molar-refractivity contribution < 1.29 is 36.7 Å². The van der Waals surface area contributed by atoms with E-state index in [1.165, 1.54) is 35.4 Å².